The molecule has 0 spiro atoms. The van der Waals surface area contributed by atoms with Crippen molar-refractivity contribution in [3.63, 3.8) is 0 Å². The lowest BCUT2D eigenvalue weighted by molar-refractivity contribution is -0.131. The van der Waals surface area contributed by atoms with Gasteiger partial charge < -0.3 is 10.1 Å². The van der Waals surface area contributed by atoms with Gasteiger partial charge in [0.25, 0.3) is 5.91 Å². The fourth-order valence-corrected chi connectivity index (χ4v) is 2.80. The summed E-state index contributed by atoms with van der Waals surface area (Å²) in [7, 11) is 0. The van der Waals surface area contributed by atoms with Crippen molar-refractivity contribution in [3.05, 3.63) is 65.5 Å². The van der Waals surface area contributed by atoms with Crippen LogP contribution in [0.2, 0.25) is 0 Å². The van der Waals surface area contributed by atoms with Crippen LogP contribution in [-0.4, -0.2) is 30.0 Å². The molecule has 0 aromatic heterocycles. The van der Waals surface area contributed by atoms with E-state index in [1.54, 1.807) is 43.3 Å². The molecule has 0 bridgehead atoms. The van der Waals surface area contributed by atoms with Gasteiger partial charge in [0.05, 0.1) is 18.2 Å². The molecule has 2 aromatic carbocycles. The number of para-hydroxylation sites is 1. The second-order valence-corrected chi connectivity index (χ2v) is 5.98. The summed E-state index contributed by atoms with van der Waals surface area (Å²) in [4.78, 5) is 26.0. The molecule has 0 saturated carbocycles. The first-order valence-electron chi connectivity index (χ1n) is 7.98. The number of halogens is 1. The minimum absolute atomic E-state index is 0.0213. The van der Waals surface area contributed by atoms with E-state index < -0.39 is 23.3 Å². The highest BCUT2D eigenvalue weighted by molar-refractivity contribution is 6.07. The Morgan fingerprint density at radius 3 is 2.73 bits per heavy atom. The predicted molar refractivity (Wildman–Crippen MR) is 90.6 cm³/mol. The molecule has 1 atom stereocenters. The molecule has 132 valence electrons. The second kappa shape index (κ2) is 6.84. The van der Waals surface area contributed by atoms with Crippen molar-refractivity contribution >= 4 is 11.9 Å². The summed E-state index contributed by atoms with van der Waals surface area (Å²) in [6.45, 7) is 1.53. The van der Waals surface area contributed by atoms with Gasteiger partial charge in [0.1, 0.15) is 12.1 Å². The van der Waals surface area contributed by atoms with E-state index in [1.165, 1.54) is 12.1 Å². The summed E-state index contributed by atoms with van der Waals surface area (Å²) < 4.78 is 18.9. The largest absolute Gasteiger partial charge is 0.489 e. The van der Waals surface area contributed by atoms with Gasteiger partial charge in [0.2, 0.25) is 0 Å². The summed E-state index contributed by atoms with van der Waals surface area (Å²) in [6.07, 6.45) is 0. The highest BCUT2D eigenvalue weighted by Gasteiger charge is 2.48. The van der Waals surface area contributed by atoms with Crippen LogP contribution in [0, 0.1) is 17.1 Å². The van der Waals surface area contributed by atoms with Gasteiger partial charge in [-0.05, 0) is 36.8 Å². The smallest absolute Gasteiger partial charge is 0.325 e. The average Bonchev–Trinajstić information content (AvgIpc) is 2.87. The third-order valence-electron chi connectivity index (χ3n) is 4.25. The number of benzene rings is 2. The quantitative estimate of drug-likeness (QED) is 0.838. The van der Waals surface area contributed by atoms with Crippen molar-refractivity contribution in [2.24, 2.45) is 0 Å². The first-order valence-corrected chi connectivity index (χ1v) is 7.98. The zero-order valence-electron chi connectivity index (χ0n) is 14.0. The Morgan fingerprint density at radius 2 is 2.00 bits per heavy atom. The number of nitrogens with zero attached hydrogens (tertiary/aromatic N) is 2. The summed E-state index contributed by atoms with van der Waals surface area (Å²) in [6, 6.07) is 13.9. The maximum Gasteiger partial charge on any atom is 0.325 e. The summed E-state index contributed by atoms with van der Waals surface area (Å²) >= 11 is 0. The van der Waals surface area contributed by atoms with Gasteiger partial charge in [-0.15, -0.1) is 0 Å². The van der Waals surface area contributed by atoms with E-state index in [0.717, 1.165) is 4.90 Å². The Kier molecular flexibility index (Phi) is 4.59. The van der Waals surface area contributed by atoms with E-state index >= 15 is 0 Å². The second-order valence-electron chi connectivity index (χ2n) is 5.98. The van der Waals surface area contributed by atoms with Crippen LogP contribution in [0.4, 0.5) is 9.18 Å². The van der Waals surface area contributed by atoms with Crippen LogP contribution in [0.15, 0.2) is 48.5 Å². The van der Waals surface area contributed by atoms with Crippen molar-refractivity contribution < 1.29 is 18.7 Å². The third kappa shape index (κ3) is 3.09. The molecule has 3 rings (SSSR count). The third-order valence-corrected chi connectivity index (χ3v) is 4.25. The average molecular weight is 353 g/mol. The van der Waals surface area contributed by atoms with Gasteiger partial charge in [-0.2, -0.15) is 5.26 Å². The Bertz CT molecular complexity index is 909. The Hall–Kier alpha value is -3.40. The van der Waals surface area contributed by atoms with E-state index in [9.17, 15) is 14.0 Å². The lowest BCUT2D eigenvalue weighted by Crippen LogP contribution is -2.41. The van der Waals surface area contributed by atoms with Crippen LogP contribution in [0.1, 0.15) is 18.1 Å². The molecule has 0 unspecified atom stereocenters. The molecule has 7 heteroatoms. The van der Waals surface area contributed by atoms with Crippen molar-refractivity contribution in [1.82, 2.24) is 10.2 Å². The molecule has 1 N–H and O–H groups in total. The molecule has 1 saturated heterocycles. The van der Waals surface area contributed by atoms with E-state index in [2.05, 4.69) is 5.32 Å². The van der Waals surface area contributed by atoms with E-state index in [4.69, 9.17) is 10.00 Å². The lowest BCUT2D eigenvalue weighted by Gasteiger charge is -2.22. The van der Waals surface area contributed by atoms with Crippen LogP contribution < -0.4 is 10.1 Å². The Morgan fingerprint density at radius 1 is 1.23 bits per heavy atom. The van der Waals surface area contributed by atoms with Gasteiger partial charge in [0.15, 0.2) is 11.6 Å². The number of nitriles is 1. The van der Waals surface area contributed by atoms with Crippen LogP contribution in [-0.2, 0) is 10.3 Å². The van der Waals surface area contributed by atoms with Crippen molar-refractivity contribution in [2.75, 3.05) is 13.2 Å². The van der Waals surface area contributed by atoms with Crippen LogP contribution in [0.25, 0.3) is 0 Å². The number of nitrogens with one attached hydrogen (secondary N) is 1. The monoisotopic (exact) mass is 353 g/mol. The number of hydrogen-bond donors (Lipinski definition) is 1. The van der Waals surface area contributed by atoms with E-state index in [0.29, 0.717) is 11.1 Å². The fourth-order valence-electron chi connectivity index (χ4n) is 2.80. The standard InChI is InChI=1S/C19H16FN3O3/c1-19(14-6-4-5-13(11-14)12-21)17(24)23(18(25)22-19)9-10-26-16-8-3-2-7-15(16)20/h2-8,11H,9-10H2,1H3,(H,22,25)/t19-/m0/s1. The Balaban J connectivity index is 1.72. The number of hydrogen-bond acceptors (Lipinski definition) is 4. The summed E-state index contributed by atoms with van der Waals surface area (Å²) in [5, 5.41) is 11.7. The first kappa shape index (κ1) is 17.4. The van der Waals surface area contributed by atoms with Gasteiger partial charge >= 0.3 is 6.03 Å². The maximum atomic E-state index is 13.5. The highest BCUT2D eigenvalue weighted by Crippen LogP contribution is 2.29. The van der Waals surface area contributed by atoms with E-state index in [-0.39, 0.29) is 18.9 Å². The van der Waals surface area contributed by atoms with Crippen molar-refractivity contribution in [1.29, 1.82) is 5.26 Å². The number of ether oxygens (including phenoxy) is 1. The molecular formula is C19H16FN3O3. The molecule has 1 fully saturated rings. The summed E-state index contributed by atoms with van der Waals surface area (Å²) in [5.74, 6) is -0.901. The molecular weight excluding hydrogens is 337 g/mol. The SMILES string of the molecule is C[C@@]1(c2cccc(C#N)c2)NC(=O)N(CCOc2ccccc2F)C1=O. The number of urea groups is 1. The van der Waals surface area contributed by atoms with Gasteiger partial charge in [0, 0.05) is 0 Å². The zero-order valence-corrected chi connectivity index (χ0v) is 14.0. The molecule has 0 aliphatic carbocycles. The minimum atomic E-state index is -1.26. The lowest BCUT2D eigenvalue weighted by atomic mass is 9.91. The highest BCUT2D eigenvalue weighted by atomic mass is 19.1. The molecule has 26 heavy (non-hydrogen) atoms. The van der Waals surface area contributed by atoms with Gasteiger partial charge in [-0.3, -0.25) is 9.69 Å². The van der Waals surface area contributed by atoms with E-state index in [1.807, 2.05) is 6.07 Å². The molecule has 2 aromatic rings. The molecule has 1 aliphatic heterocycles. The van der Waals surface area contributed by atoms with Crippen LogP contribution in [0.5, 0.6) is 5.75 Å². The van der Waals surface area contributed by atoms with Crippen LogP contribution >= 0.6 is 0 Å². The normalized spacial score (nSPS) is 19.2. The number of imide groups is 1. The maximum absolute atomic E-state index is 13.5. The number of carbonyl (C=O) groups is 2. The number of carbonyl (C=O) groups excluding carboxylic acids is 2. The van der Waals surface area contributed by atoms with Crippen LogP contribution in [0.3, 0.4) is 0 Å². The molecule has 1 aliphatic rings. The Labute approximate surface area is 149 Å². The topological polar surface area (TPSA) is 82.4 Å². The molecule has 1 heterocycles. The minimum Gasteiger partial charge on any atom is -0.489 e. The van der Waals surface area contributed by atoms with Gasteiger partial charge in [-0.1, -0.05) is 24.3 Å². The number of rotatable bonds is 5. The number of amides is 3. The molecule has 0 radical (unpaired) electrons. The zero-order chi connectivity index (χ0) is 18.7. The van der Waals surface area contributed by atoms with Gasteiger partial charge in [-0.25, -0.2) is 9.18 Å². The molecule has 3 amide bonds. The van der Waals surface area contributed by atoms with Crippen molar-refractivity contribution in [3.8, 4) is 11.8 Å². The van der Waals surface area contributed by atoms with Crippen molar-refractivity contribution in [2.45, 2.75) is 12.5 Å². The predicted octanol–water partition coefficient (Wildman–Crippen LogP) is 2.54. The first-order chi connectivity index (χ1) is 12.5. The molecule has 6 nitrogen and oxygen atoms in total. The fraction of sp³-hybridized carbons (Fsp3) is 0.211. The summed E-state index contributed by atoms with van der Waals surface area (Å²) in [5.41, 5.74) is -0.346.